The number of para-hydroxylation sites is 1. The topological polar surface area (TPSA) is 67.1 Å². The summed E-state index contributed by atoms with van der Waals surface area (Å²) >= 11 is 0. The van der Waals surface area contributed by atoms with Gasteiger partial charge in [-0.25, -0.2) is 4.98 Å². The second-order valence-electron chi connectivity index (χ2n) is 4.59. The van der Waals surface area contributed by atoms with Crippen molar-refractivity contribution in [3.05, 3.63) is 36.7 Å². The Balaban J connectivity index is 0.00000147. The minimum atomic E-state index is 0. The van der Waals surface area contributed by atoms with E-state index in [2.05, 4.69) is 26.3 Å². The Bertz CT molecular complexity index is 608. The molecule has 5 nitrogen and oxygen atoms in total. The van der Waals surface area contributed by atoms with Crippen molar-refractivity contribution in [1.82, 2.24) is 9.97 Å². The summed E-state index contributed by atoms with van der Waals surface area (Å²) in [6, 6.07) is 8.10. The zero-order valence-electron chi connectivity index (χ0n) is 11.1. The third-order valence-corrected chi connectivity index (χ3v) is 3.30. The van der Waals surface area contributed by atoms with Crippen LogP contribution in [0.25, 0.3) is 10.9 Å². The van der Waals surface area contributed by atoms with E-state index in [1.807, 2.05) is 18.2 Å². The third-order valence-electron chi connectivity index (χ3n) is 3.30. The van der Waals surface area contributed by atoms with Gasteiger partial charge in [-0.05, 0) is 25.0 Å². The highest BCUT2D eigenvalue weighted by atomic mass is 35.5. The molecule has 1 aliphatic heterocycles. The van der Waals surface area contributed by atoms with Gasteiger partial charge in [0.05, 0.1) is 5.52 Å². The van der Waals surface area contributed by atoms with Crippen LogP contribution in [0.1, 0.15) is 12.8 Å². The van der Waals surface area contributed by atoms with Gasteiger partial charge in [0.15, 0.2) is 0 Å². The van der Waals surface area contributed by atoms with Gasteiger partial charge in [-0.3, -0.25) is 0 Å². The molecule has 1 fully saturated rings. The normalized spacial score (nSPS) is 14.7. The Morgan fingerprint density at radius 3 is 2.65 bits per heavy atom. The Hall–Kier alpha value is -2.01. The number of anilines is 2. The van der Waals surface area contributed by atoms with Crippen molar-refractivity contribution in [3.8, 4) is 0 Å². The predicted octanol–water partition coefficient (Wildman–Crippen LogP) is 2.49. The molecule has 0 spiro atoms. The number of hydrogen-bond donors (Lipinski definition) is 2. The van der Waals surface area contributed by atoms with Gasteiger partial charge < -0.3 is 16.0 Å². The number of benzene rings is 1. The molecular formula is C14H18ClN5. The van der Waals surface area contributed by atoms with Crippen LogP contribution in [-0.4, -0.2) is 23.1 Å². The summed E-state index contributed by atoms with van der Waals surface area (Å²) in [5, 5.41) is 4.10. The molecule has 0 amide bonds. The lowest BCUT2D eigenvalue weighted by Gasteiger charge is -2.19. The summed E-state index contributed by atoms with van der Waals surface area (Å²) in [6.45, 7) is 2.13. The van der Waals surface area contributed by atoms with Crippen LogP contribution >= 0.6 is 12.4 Å². The summed E-state index contributed by atoms with van der Waals surface area (Å²) in [5.74, 6) is 1.60. The van der Waals surface area contributed by atoms with Crippen molar-refractivity contribution in [1.29, 1.82) is 0 Å². The van der Waals surface area contributed by atoms with Gasteiger partial charge in [0.1, 0.15) is 5.82 Å². The van der Waals surface area contributed by atoms with Crippen LogP contribution in [0.4, 0.5) is 11.8 Å². The summed E-state index contributed by atoms with van der Waals surface area (Å²) in [5.41, 5.74) is 6.29. The fraction of sp³-hybridized carbons (Fsp3) is 0.286. The molecule has 3 N–H and O–H groups in total. The molecule has 20 heavy (non-hydrogen) atoms. The van der Waals surface area contributed by atoms with Gasteiger partial charge >= 0.3 is 0 Å². The number of nitrogens with one attached hydrogen (secondary N) is 1. The van der Waals surface area contributed by atoms with E-state index >= 15 is 0 Å². The van der Waals surface area contributed by atoms with Crippen LogP contribution in [0.3, 0.4) is 0 Å². The molecule has 0 saturated carbocycles. The van der Waals surface area contributed by atoms with Crippen LogP contribution in [-0.2, 0) is 0 Å². The van der Waals surface area contributed by atoms with E-state index in [9.17, 15) is 0 Å². The number of aromatic nitrogens is 2. The summed E-state index contributed by atoms with van der Waals surface area (Å²) in [6.07, 6.45) is 5.53. The average molecular weight is 292 g/mol. The van der Waals surface area contributed by atoms with Gasteiger partial charge in [0, 0.05) is 30.9 Å². The fourth-order valence-electron chi connectivity index (χ4n) is 2.42. The SMILES string of the molecule is Cl.NC=CNc1nc(N2CCCC2)c2ccccc2n1. The van der Waals surface area contributed by atoms with Gasteiger partial charge in [-0.15, -0.1) is 12.4 Å². The fourth-order valence-corrected chi connectivity index (χ4v) is 2.42. The van der Waals surface area contributed by atoms with E-state index < -0.39 is 0 Å². The maximum absolute atomic E-state index is 5.34. The Kier molecular flexibility index (Phi) is 4.63. The molecule has 1 aromatic heterocycles. The summed E-state index contributed by atoms with van der Waals surface area (Å²) in [7, 11) is 0. The van der Waals surface area contributed by atoms with Crippen LogP contribution in [0.5, 0.6) is 0 Å². The Morgan fingerprint density at radius 2 is 1.90 bits per heavy atom. The molecular weight excluding hydrogens is 274 g/mol. The molecule has 3 rings (SSSR count). The molecule has 0 unspecified atom stereocenters. The molecule has 1 saturated heterocycles. The van der Waals surface area contributed by atoms with E-state index in [0.29, 0.717) is 5.95 Å². The molecule has 0 bridgehead atoms. The quantitative estimate of drug-likeness (QED) is 0.909. The molecule has 1 aromatic carbocycles. The summed E-state index contributed by atoms with van der Waals surface area (Å²) in [4.78, 5) is 11.4. The molecule has 6 heteroatoms. The molecule has 2 heterocycles. The second kappa shape index (κ2) is 6.43. The smallest absolute Gasteiger partial charge is 0.229 e. The van der Waals surface area contributed by atoms with Crippen molar-refractivity contribution < 1.29 is 0 Å². The number of fused-ring (bicyclic) bond motifs is 1. The number of nitrogens with zero attached hydrogens (tertiary/aromatic N) is 3. The standard InChI is InChI=1S/C14H17N5.ClH/c15-7-8-16-14-17-12-6-2-1-5-11(12)13(18-14)19-9-3-4-10-19;/h1-2,5-8H,3-4,9-10,15H2,(H,16,17,18);1H. The number of halogens is 1. The molecule has 1 aliphatic rings. The number of rotatable bonds is 3. The van der Waals surface area contributed by atoms with Gasteiger partial charge in [0.2, 0.25) is 5.95 Å². The third kappa shape index (κ3) is 2.77. The lowest BCUT2D eigenvalue weighted by atomic mass is 10.2. The Labute approximate surface area is 124 Å². The first-order valence-corrected chi connectivity index (χ1v) is 6.53. The number of hydrogen-bond acceptors (Lipinski definition) is 5. The highest BCUT2D eigenvalue weighted by molar-refractivity contribution is 5.90. The van der Waals surface area contributed by atoms with Gasteiger partial charge in [-0.1, -0.05) is 12.1 Å². The van der Waals surface area contributed by atoms with Gasteiger partial charge in [0.25, 0.3) is 0 Å². The first kappa shape index (κ1) is 14.4. The largest absolute Gasteiger partial charge is 0.403 e. The van der Waals surface area contributed by atoms with E-state index in [4.69, 9.17) is 5.73 Å². The number of nitrogens with two attached hydrogens (primary N) is 1. The average Bonchev–Trinajstić information content (AvgIpc) is 2.98. The predicted molar refractivity (Wildman–Crippen MR) is 85.2 cm³/mol. The highest BCUT2D eigenvalue weighted by Crippen LogP contribution is 2.27. The van der Waals surface area contributed by atoms with E-state index in [1.165, 1.54) is 19.0 Å². The van der Waals surface area contributed by atoms with Crippen molar-refractivity contribution in [3.63, 3.8) is 0 Å². The molecule has 0 aliphatic carbocycles. The highest BCUT2D eigenvalue weighted by Gasteiger charge is 2.17. The minimum Gasteiger partial charge on any atom is -0.403 e. The van der Waals surface area contributed by atoms with Crippen LogP contribution in [0, 0.1) is 0 Å². The molecule has 106 valence electrons. The van der Waals surface area contributed by atoms with E-state index in [1.54, 1.807) is 6.20 Å². The van der Waals surface area contributed by atoms with Crippen molar-refractivity contribution in [2.24, 2.45) is 5.73 Å². The first-order valence-electron chi connectivity index (χ1n) is 6.53. The Morgan fingerprint density at radius 1 is 1.15 bits per heavy atom. The van der Waals surface area contributed by atoms with Crippen LogP contribution in [0.15, 0.2) is 36.7 Å². The molecule has 0 radical (unpaired) electrons. The maximum Gasteiger partial charge on any atom is 0.229 e. The van der Waals surface area contributed by atoms with E-state index in [0.717, 1.165) is 29.8 Å². The zero-order chi connectivity index (χ0) is 13.1. The van der Waals surface area contributed by atoms with Crippen LogP contribution < -0.4 is 16.0 Å². The first-order chi connectivity index (χ1) is 9.38. The zero-order valence-corrected chi connectivity index (χ0v) is 11.9. The monoisotopic (exact) mass is 291 g/mol. The van der Waals surface area contributed by atoms with Crippen molar-refractivity contribution >= 4 is 35.1 Å². The lowest BCUT2D eigenvalue weighted by Crippen LogP contribution is -2.20. The van der Waals surface area contributed by atoms with E-state index in [-0.39, 0.29) is 12.4 Å². The lowest BCUT2D eigenvalue weighted by molar-refractivity contribution is 0.941. The van der Waals surface area contributed by atoms with Gasteiger partial charge in [-0.2, -0.15) is 4.98 Å². The molecule has 2 aromatic rings. The van der Waals surface area contributed by atoms with Crippen molar-refractivity contribution in [2.45, 2.75) is 12.8 Å². The minimum absolute atomic E-state index is 0. The summed E-state index contributed by atoms with van der Waals surface area (Å²) < 4.78 is 0. The van der Waals surface area contributed by atoms with Crippen molar-refractivity contribution in [2.75, 3.05) is 23.3 Å². The molecule has 0 atom stereocenters. The second-order valence-corrected chi connectivity index (χ2v) is 4.59. The maximum atomic E-state index is 5.34. The van der Waals surface area contributed by atoms with Crippen LogP contribution in [0.2, 0.25) is 0 Å².